The molecule has 4 nitrogen and oxygen atoms in total. The molecule has 0 radical (unpaired) electrons. The predicted molar refractivity (Wildman–Crippen MR) is 84.2 cm³/mol. The van der Waals surface area contributed by atoms with Gasteiger partial charge >= 0.3 is 11.9 Å². The molecule has 0 aliphatic heterocycles. The minimum Gasteiger partial charge on any atom is -0.466 e. The van der Waals surface area contributed by atoms with Crippen molar-refractivity contribution in [3.63, 3.8) is 0 Å². The quantitative estimate of drug-likeness (QED) is 0.411. The van der Waals surface area contributed by atoms with E-state index < -0.39 is 0 Å². The first-order valence-electron chi connectivity index (χ1n) is 6.95. The van der Waals surface area contributed by atoms with Crippen molar-refractivity contribution in [3.05, 3.63) is 12.2 Å². The predicted octanol–water partition coefficient (Wildman–Crippen LogP) is 2.24. The van der Waals surface area contributed by atoms with Gasteiger partial charge in [0, 0.05) is 13.8 Å². The number of unbranched alkanes of at least 4 members (excludes halogenated alkanes) is 1. The van der Waals surface area contributed by atoms with Crippen LogP contribution in [0.2, 0.25) is 0 Å². The summed E-state index contributed by atoms with van der Waals surface area (Å²) in [5.74, 6) is 15.1. The van der Waals surface area contributed by atoms with E-state index in [0.717, 1.165) is 12.8 Å². The number of allylic oxidation sites excluding steroid dienone is 1. The van der Waals surface area contributed by atoms with Crippen molar-refractivity contribution in [3.8, 4) is 35.5 Å². The third-order valence-corrected chi connectivity index (χ3v) is 2.28. The molecule has 0 bridgehead atoms. The fraction of sp³-hybridized carbons (Fsp3) is 0.444. The van der Waals surface area contributed by atoms with Crippen LogP contribution in [0.5, 0.6) is 0 Å². The van der Waals surface area contributed by atoms with Crippen LogP contribution in [0.3, 0.4) is 0 Å². The van der Waals surface area contributed by atoms with Crippen LogP contribution in [0, 0.1) is 35.5 Å². The fourth-order valence-electron chi connectivity index (χ4n) is 1.43. The van der Waals surface area contributed by atoms with Crippen molar-refractivity contribution in [2.24, 2.45) is 0 Å². The molecule has 0 N–H and O–H groups in total. The molecule has 0 spiro atoms. The number of esters is 2. The van der Waals surface area contributed by atoms with Gasteiger partial charge in [0.15, 0.2) is 0 Å². The van der Waals surface area contributed by atoms with Gasteiger partial charge < -0.3 is 9.47 Å². The van der Waals surface area contributed by atoms with Crippen molar-refractivity contribution in [2.75, 3.05) is 6.61 Å². The number of hydrogen-bond acceptors (Lipinski definition) is 4. The lowest BCUT2D eigenvalue weighted by atomic mass is 10.1. The molecule has 1 atom stereocenters. The summed E-state index contributed by atoms with van der Waals surface area (Å²) in [7, 11) is 0. The monoisotopic (exact) mass is 300 g/mol. The minimum absolute atomic E-state index is 0.291. The lowest BCUT2D eigenvalue weighted by Crippen LogP contribution is -2.14. The summed E-state index contributed by atoms with van der Waals surface area (Å²) in [6, 6.07) is 0. The van der Waals surface area contributed by atoms with Crippen molar-refractivity contribution in [1.29, 1.82) is 0 Å². The number of carbonyl (C=O) groups is 2. The summed E-state index contributed by atoms with van der Waals surface area (Å²) in [6.45, 7) is 4.81. The average molecular weight is 300 g/mol. The van der Waals surface area contributed by atoms with Crippen molar-refractivity contribution >= 4 is 11.9 Å². The summed E-state index contributed by atoms with van der Waals surface area (Å²) >= 11 is 0. The Labute approximate surface area is 132 Å². The van der Waals surface area contributed by atoms with E-state index in [0.29, 0.717) is 13.0 Å². The summed E-state index contributed by atoms with van der Waals surface area (Å²) in [5, 5.41) is 0. The second kappa shape index (κ2) is 13.3. The maximum Gasteiger partial charge on any atom is 0.303 e. The Balaban J connectivity index is 4.27. The number of carbonyl (C=O) groups excluding carboxylic acids is 2. The molecule has 0 saturated heterocycles. The van der Waals surface area contributed by atoms with Crippen LogP contribution in [0.25, 0.3) is 0 Å². The maximum absolute atomic E-state index is 11.0. The first kappa shape index (κ1) is 19.4. The largest absolute Gasteiger partial charge is 0.466 e. The van der Waals surface area contributed by atoms with Gasteiger partial charge in [0.25, 0.3) is 0 Å². The molecule has 0 fully saturated rings. The van der Waals surface area contributed by atoms with Crippen LogP contribution >= 0.6 is 0 Å². The molecular formula is C18H20O4. The summed E-state index contributed by atoms with van der Waals surface area (Å²) in [6.07, 6.45) is 5.12. The van der Waals surface area contributed by atoms with Gasteiger partial charge in [-0.25, -0.2) is 0 Å². The number of rotatable bonds is 7. The van der Waals surface area contributed by atoms with Gasteiger partial charge in [0.05, 0.1) is 6.61 Å². The van der Waals surface area contributed by atoms with E-state index in [9.17, 15) is 9.59 Å². The van der Waals surface area contributed by atoms with E-state index in [2.05, 4.69) is 35.5 Å². The molecule has 0 aliphatic rings. The highest BCUT2D eigenvalue weighted by Gasteiger charge is 2.07. The lowest BCUT2D eigenvalue weighted by Gasteiger charge is -2.12. The van der Waals surface area contributed by atoms with Crippen molar-refractivity contribution in [1.82, 2.24) is 0 Å². The standard InChI is InChI=1S/C18H20O4/c1-4-5-6-7-8-9-10-13-18(22-17(3)20)14-11-12-15-21-16(2)19/h10,13,18H,11-12,14-15H2,1-3H3. The molecule has 0 aliphatic carbocycles. The zero-order valence-electron chi connectivity index (χ0n) is 13.2. The molecule has 1 unspecified atom stereocenters. The Hall–Kier alpha value is -2.64. The molecule has 0 aromatic carbocycles. The second-order valence-corrected chi connectivity index (χ2v) is 4.24. The molecule has 0 heterocycles. The molecule has 22 heavy (non-hydrogen) atoms. The van der Waals surface area contributed by atoms with Crippen LogP contribution in [0.15, 0.2) is 12.2 Å². The third kappa shape index (κ3) is 13.8. The van der Waals surface area contributed by atoms with Gasteiger partial charge in [-0.3, -0.25) is 9.59 Å². The first-order valence-corrected chi connectivity index (χ1v) is 6.95. The van der Waals surface area contributed by atoms with Crippen LogP contribution in [-0.4, -0.2) is 24.6 Å². The van der Waals surface area contributed by atoms with E-state index >= 15 is 0 Å². The molecule has 0 aromatic heterocycles. The number of hydrogen-bond donors (Lipinski definition) is 0. The van der Waals surface area contributed by atoms with Crippen molar-refractivity contribution < 1.29 is 19.1 Å². The topological polar surface area (TPSA) is 52.6 Å². The Morgan fingerprint density at radius 1 is 1.05 bits per heavy atom. The van der Waals surface area contributed by atoms with Crippen LogP contribution in [0.4, 0.5) is 0 Å². The van der Waals surface area contributed by atoms with E-state index in [1.54, 1.807) is 19.1 Å². The summed E-state index contributed by atoms with van der Waals surface area (Å²) in [4.78, 5) is 21.7. The highest BCUT2D eigenvalue weighted by Crippen LogP contribution is 2.07. The summed E-state index contributed by atoms with van der Waals surface area (Å²) < 4.78 is 10.0. The van der Waals surface area contributed by atoms with Crippen molar-refractivity contribution in [2.45, 2.75) is 46.1 Å². The highest BCUT2D eigenvalue weighted by atomic mass is 16.5. The van der Waals surface area contributed by atoms with E-state index in [1.807, 2.05) is 0 Å². The average Bonchev–Trinajstić information content (AvgIpc) is 2.44. The molecule has 0 amide bonds. The first-order chi connectivity index (χ1) is 10.6. The van der Waals surface area contributed by atoms with Gasteiger partial charge in [-0.1, -0.05) is 11.8 Å². The van der Waals surface area contributed by atoms with E-state index in [4.69, 9.17) is 9.47 Å². The zero-order valence-corrected chi connectivity index (χ0v) is 13.2. The van der Waals surface area contributed by atoms with E-state index in [-0.39, 0.29) is 18.0 Å². The van der Waals surface area contributed by atoms with Gasteiger partial charge in [0.2, 0.25) is 0 Å². The SMILES string of the molecule is CC#CC#CC#CC=CC(CCCCOC(C)=O)OC(C)=O. The Morgan fingerprint density at radius 3 is 2.41 bits per heavy atom. The number of ether oxygens (including phenoxy) is 2. The van der Waals surface area contributed by atoms with Crippen LogP contribution < -0.4 is 0 Å². The Morgan fingerprint density at radius 2 is 1.77 bits per heavy atom. The normalized spacial score (nSPS) is 10.1. The van der Waals surface area contributed by atoms with Gasteiger partial charge in [-0.2, -0.15) is 0 Å². The molecule has 116 valence electrons. The fourth-order valence-corrected chi connectivity index (χ4v) is 1.43. The molecule has 0 saturated carbocycles. The highest BCUT2D eigenvalue weighted by molar-refractivity contribution is 5.66. The third-order valence-electron chi connectivity index (χ3n) is 2.28. The molecule has 0 aromatic rings. The van der Waals surface area contributed by atoms with Crippen LogP contribution in [0.1, 0.15) is 40.0 Å². The van der Waals surface area contributed by atoms with Crippen LogP contribution in [-0.2, 0) is 19.1 Å². The Kier molecular flexibility index (Phi) is 11.7. The second-order valence-electron chi connectivity index (χ2n) is 4.24. The zero-order chi connectivity index (χ0) is 16.6. The molecule has 4 heteroatoms. The minimum atomic E-state index is -0.347. The smallest absolute Gasteiger partial charge is 0.303 e. The molecular weight excluding hydrogens is 280 g/mol. The Bertz CT molecular complexity index is 567. The van der Waals surface area contributed by atoms with Gasteiger partial charge in [-0.15, -0.1) is 0 Å². The van der Waals surface area contributed by atoms with E-state index in [1.165, 1.54) is 13.8 Å². The van der Waals surface area contributed by atoms with Gasteiger partial charge in [0.1, 0.15) is 6.10 Å². The molecule has 0 rings (SSSR count). The van der Waals surface area contributed by atoms with Gasteiger partial charge in [-0.05, 0) is 62.0 Å². The summed E-state index contributed by atoms with van der Waals surface area (Å²) in [5.41, 5.74) is 0. The lowest BCUT2D eigenvalue weighted by molar-refractivity contribution is -0.144. The maximum atomic E-state index is 11.0.